The van der Waals surface area contributed by atoms with Crippen molar-refractivity contribution >= 4 is 56.5 Å². The number of thiophene rings is 1. The first kappa shape index (κ1) is 21.9. The second kappa shape index (κ2) is 9.15. The minimum atomic E-state index is -0.379. The van der Waals surface area contributed by atoms with E-state index in [1.54, 1.807) is 0 Å². The highest BCUT2D eigenvalue weighted by atomic mass is 32.2. The number of benzene rings is 1. The van der Waals surface area contributed by atoms with Crippen LogP contribution < -0.4 is 5.32 Å². The van der Waals surface area contributed by atoms with Crippen molar-refractivity contribution in [3.63, 3.8) is 0 Å². The Hall–Kier alpha value is -2.91. The second-order valence-electron chi connectivity index (χ2n) is 8.07. The first-order chi connectivity index (χ1) is 16.1. The predicted molar refractivity (Wildman–Crippen MR) is 132 cm³/mol. The fraction of sp³-hybridized carbons (Fsp3) is 0.333. The van der Waals surface area contributed by atoms with Gasteiger partial charge in [-0.1, -0.05) is 30.0 Å². The Kier molecular flexibility index (Phi) is 6.07. The lowest BCUT2D eigenvalue weighted by Crippen LogP contribution is -2.15. The molecule has 33 heavy (non-hydrogen) atoms. The number of para-hydroxylation sites is 1. The lowest BCUT2D eigenvalue weighted by molar-refractivity contribution is -0.115. The molecule has 0 aliphatic heterocycles. The molecule has 5 rings (SSSR count). The van der Waals surface area contributed by atoms with E-state index in [9.17, 15) is 9.59 Å². The number of nitrogens with zero attached hydrogens (tertiary/aromatic N) is 3. The number of anilines is 1. The number of ether oxygens (including phenoxy) is 1. The number of amides is 1. The topological polar surface area (TPSA) is 85.6 Å². The third-order valence-electron chi connectivity index (χ3n) is 5.95. The van der Waals surface area contributed by atoms with Crippen molar-refractivity contribution < 1.29 is 14.3 Å². The lowest BCUT2D eigenvalue weighted by Gasteiger charge is -2.11. The van der Waals surface area contributed by atoms with Crippen LogP contribution in [-0.2, 0) is 22.4 Å². The summed E-state index contributed by atoms with van der Waals surface area (Å²) in [4.78, 5) is 26.3. The van der Waals surface area contributed by atoms with E-state index in [0.29, 0.717) is 22.7 Å². The summed E-state index contributed by atoms with van der Waals surface area (Å²) in [6.07, 6.45) is 4.27. The number of pyridine rings is 1. The first-order valence-corrected chi connectivity index (χ1v) is 12.8. The molecule has 1 amide bonds. The van der Waals surface area contributed by atoms with E-state index in [2.05, 4.69) is 34.6 Å². The molecule has 1 aliphatic rings. The Morgan fingerprint density at radius 1 is 1.21 bits per heavy atom. The second-order valence-corrected chi connectivity index (χ2v) is 10.2. The number of hydrogen-bond donors (Lipinski definition) is 1. The molecule has 0 atom stereocenters. The normalized spacial score (nSPS) is 13.3. The van der Waals surface area contributed by atoms with Crippen LogP contribution in [0.1, 0.15) is 45.6 Å². The van der Waals surface area contributed by atoms with Crippen LogP contribution in [0.15, 0.2) is 35.5 Å². The molecule has 1 N–H and O–H groups in total. The van der Waals surface area contributed by atoms with Crippen molar-refractivity contribution in [2.75, 3.05) is 18.2 Å². The van der Waals surface area contributed by atoms with E-state index in [0.717, 1.165) is 58.5 Å². The average molecular weight is 481 g/mol. The number of rotatable bonds is 6. The third-order valence-corrected chi connectivity index (χ3v) is 8.09. The molecule has 1 aliphatic carbocycles. The minimum Gasteiger partial charge on any atom is -0.465 e. The number of esters is 1. The monoisotopic (exact) mass is 480 g/mol. The molecule has 4 aromatic rings. The fourth-order valence-electron chi connectivity index (χ4n) is 4.36. The van der Waals surface area contributed by atoms with E-state index < -0.39 is 0 Å². The molecule has 0 radical (unpaired) electrons. The van der Waals surface area contributed by atoms with Crippen molar-refractivity contribution in [2.24, 2.45) is 0 Å². The third kappa shape index (κ3) is 4.11. The largest absolute Gasteiger partial charge is 0.465 e. The average Bonchev–Trinajstić information content (AvgIpc) is 3.39. The van der Waals surface area contributed by atoms with Crippen LogP contribution >= 0.6 is 23.1 Å². The fourth-order valence-corrected chi connectivity index (χ4v) is 6.55. The smallest absolute Gasteiger partial charge is 0.341 e. The van der Waals surface area contributed by atoms with Crippen LogP contribution in [0.25, 0.3) is 16.6 Å². The molecule has 0 saturated heterocycles. The van der Waals surface area contributed by atoms with Crippen molar-refractivity contribution in [3.05, 3.63) is 51.9 Å². The minimum absolute atomic E-state index is 0.124. The number of hydrogen-bond acceptors (Lipinski definition) is 7. The Morgan fingerprint density at radius 2 is 2.03 bits per heavy atom. The zero-order chi connectivity index (χ0) is 22.9. The quantitative estimate of drug-likeness (QED) is 0.307. The summed E-state index contributed by atoms with van der Waals surface area (Å²) >= 11 is 3.00. The summed E-state index contributed by atoms with van der Waals surface area (Å²) in [6, 6.07) is 10.2. The standard InChI is InChI=1S/C24H24N4O3S2/c1-14-13-19-26-27-24(28(19)17-9-5-3-7-15(14)17)32-12-11-20(29)25-22-21(23(30)31-2)16-8-4-6-10-18(16)33-22/h3,5,7,9,13H,4,6,8,10-12H2,1-2H3,(H,25,29). The zero-order valence-electron chi connectivity index (χ0n) is 18.5. The summed E-state index contributed by atoms with van der Waals surface area (Å²) in [5.74, 6) is 0.0463. The lowest BCUT2D eigenvalue weighted by atomic mass is 9.95. The molecule has 0 saturated carbocycles. The maximum atomic E-state index is 12.7. The van der Waals surface area contributed by atoms with Gasteiger partial charge in [-0.3, -0.25) is 9.20 Å². The number of aromatic nitrogens is 3. The summed E-state index contributed by atoms with van der Waals surface area (Å²) in [5.41, 5.74) is 4.58. The van der Waals surface area contributed by atoms with Crippen LogP contribution in [0.3, 0.4) is 0 Å². The van der Waals surface area contributed by atoms with Gasteiger partial charge < -0.3 is 10.1 Å². The summed E-state index contributed by atoms with van der Waals surface area (Å²) in [7, 11) is 1.38. The summed E-state index contributed by atoms with van der Waals surface area (Å²) in [5, 5.41) is 14.1. The van der Waals surface area contributed by atoms with Gasteiger partial charge >= 0.3 is 5.97 Å². The molecule has 0 spiro atoms. The Labute approximate surface area is 199 Å². The van der Waals surface area contributed by atoms with Gasteiger partial charge in [0.25, 0.3) is 0 Å². The molecule has 0 bridgehead atoms. The molecule has 0 fully saturated rings. The van der Waals surface area contributed by atoms with Gasteiger partial charge in [0, 0.05) is 22.4 Å². The van der Waals surface area contributed by atoms with E-state index in [-0.39, 0.29) is 11.9 Å². The van der Waals surface area contributed by atoms with Gasteiger partial charge in [-0.25, -0.2) is 4.79 Å². The van der Waals surface area contributed by atoms with Gasteiger partial charge in [-0.2, -0.15) is 0 Å². The van der Waals surface area contributed by atoms with Gasteiger partial charge in [0.15, 0.2) is 10.8 Å². The van der Waals surface area contributed by atoms with Crippen LogP contribution in [0, 0.1) is 6.92 Å². The van der Waals surface area contributed by atoms with Crippen LogP contribution in [0.2, 0.25) is 0 Å². The molecule has 3 heterocycles. The number of thioether (sulfide) groups is 1. The molecular formula is C24H24N4O3S2. The number of carbonyl (C=O) groups is 2. The highest BCUT2D eigenvalue weighted by Crippen LogP contribution is 2.38. The van der Waals surface area contributed by atoms with Crippen molar-refractivity contribution in [2.45, 2.75) is 44.2 Å². The molecule has 0 unspecified atom stereocenters. The number of carbonyl (C=O) groups excluding carboxylic acids is 2. The highest BCUT2D eigenvalue weighted by molar-refractivity contribution is 7.99. The van der Waals surface area contributed by atoms with Gasteiger partial charge in [-0.05, 0) is 55.9 Å². The predicted octanol–water partition coefficient (Wildman–Crippen LogP) is 5.04. The number of aryl methyl sites for hydroxylation is 2. The number of methoxy groups -OCH3 is 1. The van der Waals surface area contributed by atoms with Crippen LogP contribution in [0.4, 0.5) is 5.00 Å². The van der Waals surface area contributed by atoms with Crippen LogP contribution in [-0.4, -0.2) is 39.3 Å². The zero-order valence-corrected chi connectivity index (χ0v) is 20.1. The molecule has 170 valence electrons. The van der Waals surface area contributed by atoms with Crippen LogP contribution in [0.5, 0.6) is 0 Å². The Morgan fingerprint density at radius 3 is 2.88 bits per heavy atom. The molecular weight excluding hydrogens is 456 g/mol. The first-order valence-electron chi connectivity index (χ1n) is 11.0. The maximum Gasteiger partial charge on any atom is 0.341 e. The summed E-state index contributed by atoms with van der Waals surface area (Å²) < 4.78 is 7.03. The van der Waals surface area contributed by atoms with Crippen molar-refractivity contribution in [3.8, 4) is 0 Å². The molecule has 1 aromatic carbocycles. The summed E-state index contributed by atoms with van der Waals surface area (Å²) in [6.45, 7) is 2.07. The van der Waals surface area contributed by atoms with E-state index in [1.807, 2.05) is 22.6 Å². The molecule has 9 heteroatoms. The molecule has 3 aromatic heterocycles. The van der Waals surface area contributed by atoms with Crippen molar-refractivity contribution in [1.82, 2.24) is 14.6 Å². The van der Waals surface area contributed by atoms with Gasteiger partial charge in [-0.15, -0.1) is 21.5 Å². The molecule has 7 nitrogen and oxygen atoms in total. The van der Waals surface area contributed by atoms with E-state index in [1.165, 1.54) is 35.1 Å². The van der Waals surface area contributed by atoms with E-state index >= 15 is 0 Å². The maximum absolute atomic E-state index is 12.7. The van der Waals surface area contributed by atoms with Crippen molar-refractivity contribution in [1.29, 1.82) is 0 Å². The number of nitrogens with one attached hydrogen (secondary N) is 1. The van der Waals surface area contributed by atoms with E-state index in [4.69, 9.17) is 4.74 Å². The highest BCUT2D eigenvalue weighted by Gasteiger charge is 2.26. The van der Waals surface area contributed by atoms with Gasteiger partial charge in [0.1, 0.15) is 5.00 Å². The number of fused-ring (bicyclic) bond motifs is 4. The Balaban J connectivity index is 1.30. The van der Waals surface area contributed by atoms with Gasteiger partial charge in [0.05, 0.1) is 18.2 Å². The van der Waals surface area contributed by atoms with Gasteiger partial charge in [0.2, 0.25) is 5.91 Å². The SMILES string of the molecule is COC(=O)c1c(NC(=O)CCSc2nnc3cc(C)c4ccccc4n23)sc2c1CCCC2. The Bertz CT molecular complexity index is 1380.